The highest BCUT2D eigenvalue weighted by molar-refractivity contribution is 4.74. The molecule has 0 bridgehead atoms. The molecule has 1 heterocycles. The Hall–Kier alpha value is -0.120. The highest BCUT2D eigenvalue weighted by Gasteiger charge is 2.25. The summed E-state index contributed by atoms with van der Waals surface area (Å²) in [4.78, 5) is 0. The normalized spacial score (nSPS) is 27.7. The molecule has 0 radical (unpaired) electrons. The lowest BCUT2D eigenvalue weighted by atomic mass is 10.1. The van der Waals surface area contributed by atoms with E-state index in [0.29, 0.717) is 6.61 Å². The van der Waals surface area contributed by atoms with Gasteiger partial charge in [-0.2, -0.15) is 0 Å². The molecule has 80 valence electrons. The van der Waals surface area contributed by atoms with Crippen molar-refractivity contribution in [3.05, 3.63) is 0 Å². The monoisotopic (exact) mass is 190 g/mol. The fraction of sp³-hybridized carbons (Fsp3) is 1.00. The summed E-state index contributed by atoms with van der Waals surface area (Å²) in [6, 6.07) is 0. The van der Waals surface area contributed by atoms with E-state index < -0.39 is 0 Å². The van der Waals surface area contributed by atoms with E-state index in [-0.39, 0.29) is 12.2 Å². The molecule has 1 fully saturated rings. The molecule has 0 spiro atoms. The fourth-order valence-corrected chi connectivity index (χ4v) is 1.40. The van der Waals surface area contributed by atoms with Gasteiger partial charge in [0.25, 0.3) is 0 Å². The number of rotatable bonds is 3. The number of methoxy groups -OCH3 is 2. The van der Waals surface area contributed by atoms with Gasteiger partial charge in [-0.25, -0.2) is 0 Å². The fourth-order valence-electron chi connectivity index (χ4n) is 1.40. The van der Waals surface area contributed by atoms with Crippen LogP contribution in [-0.2, 0) is 14.2 Å². The molecule has 0 aromatic heterocycles. The van der Waals surface area contributed by atoms with Crippen molar-refractivity contribution in [3.8, 4) is 0 Å². The van der Waals surface area contributed by atoms with Gasteiger partial charge in [0.2, 0.25) is 0 Å². The highest BCUT2D eigenvalue weighted by Crippen LogP contribution is 2.16. The molecule has 1 aliphatic heterocycles. The van der Waals surface area contributed by atoms with Gasteiger partial charge in [-0.1, -0.05) is 13.8 Å². The lowest BCUT2D eigenvalue weighted by molar-refractivity contribution is -0.114. The third kappa shape index (κ3) is 4.60. The van der Waals surface area contributed by atoms with Crippen LogP contribution < -0.4 is 0 Å². The standard InChI is InChI=1S/C8H16O3.C2H6/c1-9-6-8-7(10-2)4-3-5-11-8;1-2/h7-8H,3-6H2,1-2H3;1-2H3/t7-,8?;/m0./s1. The number of hydrogen-bond acceptors (Lipinski definition) is 3. The van der Waals surface area contributed by atoms with Crippen LogP contribution in [0, 0.1) is 0 Å². The second-order valence-corrected chi connectivity index (χ2v) is 2.78. The first-order valence-electron chi connectivity index (χ1n) is 5.02. The van der Waals surface area contributed by atoms with Crippen LogP contribution in [0.5, 0.6) is 0 Å². The number of ether oxygens (including phenoxy) is 3. The van der Waals surface area contributed by atoms with E-state index in [9.17, 15) is 0 Å². The van der Waals surface area contributed by atoms with E-state index in [1.165, 1.54) is 0 Å². The highest BCUT2D eigenvalue weighted by atomic mass is 16.6. The molecule has 0 aliphatic carbocycles. The Labute approximate surface area is 81.4 Å². The van der Waals surface area contributed by atoms with Gasteiger partial charge in [0.05, 0.1) is 12.7 Å². The Morgan fingerprint density at radius 3 is 2.54 bits per heavy atom. The predicted molar refractivity (Wildman–Crippen MR) is 53.0 cm³/mol. The van der Waals surface area contributed by atoms with Crippen molar-refractivity contribution >= 4 is 0 Å². The van der Waals surface area contributed by atoms with Crippen LogP contribution in [0.25, 0.3) is 0 Å². The van der Waals surface area contributed by atoms with Gasteiger partial charge in [-0.3, -0.25) is 0 Å². The maximum absolute atomic E-state index is 5.47. The van der Waals surface area contributed by atoms with Crippen molar-refractivity contribution in [2.24, 2.45) is 0 Å². The van der Waals surface area contributed by atoms with E-state index >= 15 is 0 Å². The Balaban J connectivity index is 0.000000671. The predicted octanol–water partition coefficient (Wildman–Crippen LogP) is 1.85. The Bertz CT molecular complexity index is 104. The number of hydrogen-bond donors (Lipinski definition) is 0. The minimum absolute atomic E-state index is 0.138. The lowest BCUT2D eigenvalue weighted by Crippen LogP contribution is -2.38. The van der Waals surface area contributed by atoms with Crippen molar-refractivity contribution < 1.29 is 14.2 Å². The maximum atomic E-state index is 5.47. The van der Waals surface area contributed by atoms with Crippen LogP contribution in [0.3, 0.4) is 0 Å². The Morgan fingerprint density at radius 1 is 1.31 bits per heavy atom. The second-order valence-electron chi connectivity index (χ2n) is 2.78. The lowest BCUT2D eigenvalue weighted by Gasteiger charge is -2.29. The van der Waals surface area contributed by atoms with E-state index in [1.807, 2.05) is 13.8 Å². The molecule has 0 amide bonds. The Morgan fingerprint density at radius 2 is 2.00 bits per heavy atom. The molecule has 1 aliphatic rings. The smallest absolute Gasteiger partial charge is 0.107 e. The molecule has 1 rings (SSSR count). The molecule has 3 heteroatoms. The summed E-state index contributed by atoms with van der Waals surface area (Å²) in [6.45, 7) is 5.48. The third-order valence-corrected chi connectivity index (χ3v) is 2.01. The van der Waals surface area contributed by atoms with Crippen LogP contribution in [0.15, 0.2) is 0 Å². The second kappa shape index (κ2) is 8.48. The van der Waals surface area contributed by atoms with Crippen LogP contribution >= 0.6 is 0 Å². The van der Waals surface area contributed by atoms with E-state index in [4.69, 9.17) is 14.2 Å². The zero-order valence-electron chi connectivity index (χ0n) is 9.21. The largest absolute Gasteiger partial charge is 0.382 e. The minimum Gasteiger partial charge on any atom is -0.382 e. The first-order chi connectivity index (χ1) is 6.38. The molecule has 1 unspecified atom stereocenters. The summed E-state index contributed by atoms with van der Waals surface area (Å²) in [6.07, 6.45) is 2.55. The summed E-state index contributed by atoms with van der Waals surface area (Å²) in [5.41, 5.74) is 0. The first kappa shape index (κ1) is 12.9. The van der Waals surface area contributed by atoms with Gasteiger partial charge < -0.3 is 14.2 Å². The van der Waals surface area contributed by atoms with Crippen LogP contribution in [0.2, 0.25) is 0 Å². The van der Waals surface area contributed by atoms with Crippen LogP contribution in [0.1, 0.15) is 26.7 Å². The average molecular weight is 190 g/mol. The molecule has 3 nitrogen and oxygen atoms in total. The molecular weight excluding hydrogens is 168 g/mol. The summed E-state index contributed by atoms with van der Waals surface area (Å²) in [7, 11) is 3.41. The zero-order valence-corrected chi connectivity index (χ0v) is 9.21. The molecule has 0 N–H and O–H groups in total. The molecule has 1 saturated heterocycles. The topological polar surface area (TPSA) is 27.7 Å². The van der Waals surface area contributed by atoms with Crippen molar-refractivity contribution in [2.75, 3.05) is 27.4 Å². The van der Waals surface area contributed by atoms with E-state index in [1.54, 1.807) is 14.2 Å². The summed E-state index contributed by atoms with van der Waals surface area (Å²) in [5, 5.41) is 0. The van der Waals surface area contributed by atoms with Crippen molar-refractivity contribution in [1.29, 1.82) is 0 Å². The molecule has 0 saturated carbocycles. The van der Waals surface area contributed by atoms with Gasteiger partial charge in [0.15, 0.2) is 0 Å². The molecule has 2 atom stereocenters. The van der Waals surface area contributed by atoms with Crippen molar-refractivity contribution in [2.45, 2.75) is 38.9 Å². The zero-order chi connectivity index (χ0) is 10.1. The summed E-state index contributed by atoms with van der Waals surface area (Å²) >= 11 is 0. The maximum Gasteiger partial charge on any atom is 0.107 e. The minimum atomic E-state index is 0.138. The molecule has 0 aromatic rings. The van der Waals surface area contributed by atoms with E-state index in [0.717, 1.165) is 19.4 Å². The SMILES string of the molecule is CC.COCC1OCCC[C@@H]1OC. The third-order valence-electron chi connectivity index (χ3n) is 2.01. The molecule has 0 aromatic carbocycles. The first-order valence-corrected chi connectivity index (χ1v) is 5.02. The molecular formula is C10H22O3. The van der Waals surface area contributed by atoms with Gasteiger partial charge in [-0.05, 0) is 12.8 Å². The van der Waals surface area contributed by atoms with E-state index in [2.05, 4.69) is 0 Å². The van der Waals surface area contributed by atoms with Gasteiger partial charge in [-0.15, -0.1) is 0 Å². The summed E-state index contributed by atoms with van der Waals surface area (Å²) < 4.78 is 15.7. The van der Waals surface area contributed by atoms with Crippen LogP contribution in [-0.4, -0.2) is 39.6 Å². The van der Waals surface area contributed by atoms with Crippen LogP contribution in [0.4, 0.5) is 0 Å². The van der Waals surface area contributed by atoms with Gasteiger partial charge in [0, 0.05) is 20.8 Å². The van der Waals surface area contributed by atoms with Crippen molar-refractivity contribution in [1.82, 2.24) is 0 Å². The Kier molecular flexibility index (Phi) is 8.40. The summed E-state index contributed by atoms with van der Waals surface area (Å²) in [5.74, 6) is 0. The quantitative estimate of drug-likeness (QED) is 0.679. The average Bonchev–Trinajstić information content (AvgIpc) is 2.22. The molecule has 13 heavy (non-hydrogen) atoms. The van der Waals surface area contributed by atoms with Gasteiger partial charge in [0.1, 0.15) is 6.10 Å². The van der Waals surface area contributed by atoms with Crippen molar-refractivity contribution in [3.63, 3.8) is 0 Å². The van der Waals surface area contributed by atoms with Gasteiger partial charge >= 0.3 is 0 Å².